The SMILES string of the molecule is O=[N+]([O-])CCC1=CCC(c2ccccc2)CC1. The number of hydrogen-bond donors (Lipinski definition) is 0. The zero-order valence-electron chi connectivity index (χ0n) is 9.84. The molecule has 0 heterocycles. The van der Waals surface area contributed by atoms with E-state index in [1.165, 1.54) is 11.1 Å². The maximum Gasteiger partial charge on any atom is 0.207 e. The highest BCUT2D eigenvalue weighted by Gasteiger charge is 2.16. The Kier molecular flexibility index (Phi) is 3.91. The summed E-state index contributed by atoms with van der Waals surface area (Å²) in [6.45, 7) is 0.0713. The van der Waals surface area contributed by atoms with Gasteiger partial charge in [-0.2, -0.15) is 0 Å². The van der Waals surface area contributed by atoms with Crippen molar-refractivity contribution >= 4 is 0 Å². The minimum Gasteiger partial charge on any atom is -0.265 e. The Hall–Kier alpha value is -1.64. The van der Waals surface area contributed by atoms with E-state index in [0.717, 1.165) is 19.3 Å². The third-order valence-corrected chi connectivity index (χ3v) is 3.39. The second-order valence-corrected chi connectivity index (χ2v) is 4.55. The number of benzene rings is 1. The molecule has 3 heteroatoms. The van der Waals surface area contributed by atoms with Crippen LogP contribution in [0.3, 0.4) is 0 Å². The van der Waals surface area contributed by atoms with Crippen LogP contribution in [-0.4, -0.2) is 11.5 Å². The van der Waals surface area contributed by atoms with E-state index in [2.05, 4.69) is 30.3 Å². The zero-order valence-corrected chi connectivity index (χ0v) is 9.84. The Morgan fingerprint density at radius 2 is 2.06 bits per heavy atom. The molecule has 1 aromatic rings. The normalized spacial score (nSPS) is 19.8. The quantitative estimate of drug-likeness (QED) is 0.452. The lowest BCUT2D eigenvalue weighted by molar-refractivity contribution is -0.479. The van der Waals surface area contributed by atoms with Crippen molar-refractivity contribution in [1.29, 1.82) is 0 Å². The predicted octanol–water partition coefficient (Wildman–Crippen LogP) is 3.55. The minimum absolute atomic E-state index is 0.0713. The average Bonchev–Trinajstić information content (AvgIpc) is 2.38. The molecule has 1 aliphatic carbocycles. The van der Waals surface area contributed by atoms with Crippen molar-refractivity contribution in [1.82, 2.24) is 0 Å². The largest absolute Gasteiger partial charge is 0.265 e. The smallest absolute Gasteiger partial charge is 0.207 e. The molecule has 1 atom stereocenters. The fourth-order valence-corrected chi connectivity index (χ4v) is 2.38. The van der Waals surface area contributed by atoms with E-state index in [0.29, 0.717) is 12.3 Å². The number of nitrogens with zero attached hydrogens (tertiary/aromatic N) is 1. The molecule has 1 aliphatic rings. The maximum absolute atomic E-state index is 10.3. The lowest BCUT2D eigenvalue weighted by Gasteiger charge is -2.21. The number of rotatable bonds is 4. The van der Waals surface area contributed by atoms with Gasteiger partial charge in [0.25, 0.3) is 0 Å². The van der Waals surface area contributed by atoms with Gasteiger partial charge < -0.3 is 0 Å². The molecule has 0 radical (unpaired) electrons. The first-order valence-electron chi connectivity index (χ1n) is 6.10. The van der Waals surface area contributed by atoms with Gasteiger partial charge in [-0.3, -0.25) is 10.1 Å². The summed E-state index contributed by atoms with van der Waals surface area (Å²) in [5, 5.41) is 10.3. The summed E-state index contributed by atoms with van der Waals surface area (Å²) in [6.07, 6.45) is 5.97. The Labute approximate surface area is 101 Å². The molecule has 1 unspecified atom stereocenters. The molecular formula is C14H17NO2. The molecule has 0 aromatic heterocycles. The van der Waals surface area contributed by atoms with Crippen molar-refractivity contribution in [3.05, 3.63) is 57.7 Å². The number of hydrogen-bond acceptors (Lipinski definition) is 2. The summed E-state index contributed by atoms with van der Waals surface area (Å²) in [7, 11) is 0. The Morgan fingerprint density at radius 1 is 1.29 bits per heavy atom. The van der Waals surface area contributed by atoms with Crippen LogP contribution in [0.4, 0.5) is 0 Å². The van der Waals surface area contributed by atoms with Crippen LogP contribution in [0.1, 0.15) is 37.2 Å². The van der Waals surface area contributed by atoms with Crippen molar-refractivity contribution < 1.29 is 4.92 Å². The molecule has 1 aromatic carbocycles. The van der Waals surface area contributed by atoms with E-state index in [1.807, 2.05) is 6.07 Å². The van der Waals surface area contributed by atoms with Crippen molar-refractivity contribution in [2.75, 3.05) is 6.54 Å². The lowest BCUT2D eigenvalue weighted by atomic mass is 9.84. The molecule has 17 heavy (non-hydrogen) atoms. The number of allylic oxidation sites excluding steroid dienone is 1. The van der Waals surface area contributed by atoms with Crippen LogP contribution in [0.15, 0.2) is 42.0 Å². The summed E-state index contributed by atoms with van der Waals surface area (Å²) in [5.74, 6) is 0.593. The minimum atomic E-state index is -0.232. The Bertz CT molecular complexity index is 411. The summed E-state index contributed by atoms with van der Waals surface area (Å²) in [6, 6.07) is 10.5. The van der Waals surface area contributed by atoms with Gasteiger partial charge in [0.05, 0.1) is 0 Å². The standard InChI is InChI=1S/C14H17NO2/c16-15(17)11-10-12-6-8-14(9-7-12)13-4-2-1-3-5-13/h1-6,14H,7-11H2. The highest BCUT2D eigenvalue weighted by molar-refractivity contribution is 5.23. The van der Waals surface area contributed by atoms with E-state index in [9.17, 15) is 10.1 Å². The van der Waals surface area contributed by atoms with E-state index >= 15 is 0 Å². The van der Waals surface area contributed by atoms with Crippen molar-refractivity contribution in [2.45, 2.75) is 31.6 Å². The van der Waals surface area contributed by atoms with Gasteiger partial charge in [0.1, 0.15) is 0 Å². The van der Waals surface area contributed by atoms with Gasteiger partial charge in [0.2, 0.25) is 6.54 Å². The first-order valence-corrected chi connectivity index (χ1v) is 6.10. The molecule has 3 nitrogen and oxygen atoms in total. The molecule has 0 N–H and O–H groups in total. The summed E-state index contributed by atoms with van der Waals surface area (Å²) >= 11 is 0. The molecule has 0 spiro atoms. The maximum atomic E-state index is 10.3. The third-order valence-electron chi connectivity index (χ3n) is 3.39. The van der Waals surface area contributed by atoms with Gasteiger partial charge in [-0.05, 0) is 30.7 Å². The van der Waals surface area contributed by atoms with Crippen LogP contribution >= 0.6 is 0 Å². The second kappa shape index (κ2) is 5.62. The van der Waals surface area contributed by atoms with E-state index in [4.69, 9.17) is 0 Å². The zero-order chi connectivity index (χ0) is 12.1. The monoisotopic (exact) mass is 231 g/mol. The van der Waals surface area contributed by atoms with E-state index in [1.54, 1.807) is 0 Å². The highest BCUT2D eigenvalue weighted by Crippen LogP contribution is 2.32. The van der Waals surface area contributed by atoms with Gasteiger partial charge in [-0.15, -0.1) is 0 Å². The first kappa shape index (κ1) is 11.8. The molecule has 0 saturated heterocycles. The highest BCUT2D eigenvalue weighted by atomic mass is 16.6. The van der Waals surface area contributed by atoms with Crippen LogP contribution in [0.2, 0.25) is 0 Å². The lowest BCUT2D eigenvalue weighted by Crippen LogP contribution is -2.07. The molecule has 2 rings (SSSR count). The van der Waals surface area contributed by atoms with Gasteiger partial charge in [-0.1, -0.05) is 42.0 Å². The van der Waals surface area contributed by atoms with Gasteiger partial charge >= 0.3 is 0 Å². The molecular weight excluding hydrogens is 214 g/mol. The summed E-state index contributed by atoms with van der Waals surface area (Å²) in [5.41, 5.74) is 2.64. The topological polar surface area (TPSA) is 43.1 Å². The molecule has 0 fully saturated rings. The van der Waals surface area contributed by atoms with Crippen molar-refractivity contribution in [3.8, 4) is 0 Å². The molecule has 90 valence electrons. The van der Waals surface area contributed by atoms with Crippen LogP contribution in [0.25, 0.3) is 0 Å². The summed E-state index contributed by atoms with van der Waals surface area (Å²) < 4.78 is 0. The Morgan fingerprint density at radius 3 is 2.65 bits per heavy atom. The van der Waals surface area contributed by atoms with Gasteiger partial charge in [0, 0.05) is 11.3 Å². The average molecular weight is 231 g/mol. The van der Waals surface area contributed by atoms with Crippen LogP contribution < -0.4 is 0 Å². The first-order chi connectivity index (χ1) is 8.25. The third kappa shape index (κ3) is 3.41. The van der Waals surface area contributed by atoms with Crippen LogP contribution in [0, 0.1) is 10.1 Å². The molecule has 0 amide bonds. The van der Waals surface area contributed by atoms with Crippen molar-refractivity contribution in [2.24, 2.45) is 0 Å². The predicted molar refractivity (Wildman–Crippen MR) is 67.6 cm³/mol. The van der Waals surface area contributed by atoms with E-state index < -0.39 is 0 Å². The van der Waals surface area contributed by atoms with Crippen molar-refractivity contribution in [3.63, 3.8) is 0 Å². The second-order valence-electron chi connectivity index (χ2n) is 4.55. The van der Waals surface area contributed by atoms with Crippen LogP contribution in [-0.2, 0) is 0 Å². The molecule has 0 aliphatic heterocycles. The Balaban J connectivity index is 1.91. The van der Waals surface area contributed by atoms with Gasteiger partial charge in [-0.25, -0.2) is 0 Å². The van der Waals surface area contributed by atoms with Crippen LogP contribution in [0.5, 0.6) is 0 Å². The van der Waals surface area contributed by atoms with E-state index in [-0.39, 0.29) is 11.5 Å². The number of nitro groups is 1. The fraction of sp³-hybridized carbons (Fsp3) is 0.429. The molecule has 0 bridgehead atoms. The van der Waals surface area contributed by atoms with Gasteiger partial charge in [0.15, 0.2) is 0 Å². The molecule has 0 saturated carbocycles. The fourth-order valence-electron chi connectivity index (χ4n) is 2.38. The summed E-state index contributed by atoms with van der Waals surface area (Å²) in [4.78, 5) is 10.1.